The van der Waals surface area contributed by atoms with Gasteiger partial charge in [-0.3, -0.25) is 24.5 Å². The molecule has 1 saturated heterocycles. The summed E-state index contributed by atoms with van der Waals surface area (Å²) in [6.07, 6.45) is -7.72. The van der Waals surface area contributed by atoms with E-state index in [1.165, 1.54) is 12.1 Å². The first-order valence-corrected chi connectivity index (χ1v) is 10.8. The first kappa shape index (κ1) is 25.0. The predicted octanol–water partition coefficient (Wildman–Crippen LogP) is 3.68. The maximum atomic E-state index is 12.8. The Hall–Kier alpha value is -3.65. The molecule has 1 aliphatic heterocycles. The number of alkyl halides is 3. The molecule has 0 aliphatic carbocycles. The lowest BCUT2D eigenvalue weighted by Crippen LogP contribution is -2.33. The van der Waals surface area contributed by atoms with Gasteiger partial charge in [-0.25, -0.2) is 4.79 Å². The van der Waals surface area contributed by atoms with Gasteiger partial charge in [0, 0.05) is 25.0 Å². The average molecular weight is 500 g/mol. The molecule has 1 fully saturated rings. The van der Waals surface area contributed by atoms with Gasteiger partial charge in [0.2, 0.25) is 0 Å². The molecule has 2 aromatic rings. The fraction of sp³-hybridized carbons (Fsp3) is 0.250. The Morgan fingerprint density at radius 2 is 1.62 bits per heavy atom. The molecule has 14 heteroatoms. The highest BCUT2D eigenvalue weighted by molar-refractivity contribution is 7.91. The number of ether oxygens (including phenoxy) is 1. The molecule has 2 unspecified atom stereocenters. The molecular weight excluding hydrogens is 485 g/mol. The number of imide groups is 1. The Morgan fingerprint density at radius 1 is 1.06 bits per heavy atom. The van der Waals surface area contributed by atoms with Crippen molar-refractivity contribution in [3.63, 3.8) is 0 Å². The van der Waals surface area contributed by atoms with Gasteiger partial charge in [0.05, 0.1) is 10.5 Å². The molecule has 1 heterocycles. The number of rotatable bonds is 7. The van der Waals surface area contributed by atoms with Crippen LogP contribution in [0.1, 0.15) is 30.1 Å². The highest BCUT2D eigenvalue weighted by Crippen LogP contribution is 2.31. The molecule has 10 nitrogen and oxygen atoms in total. The summed E-state index contributed by atoms with van der Waals surface area (Å²) < 4.78 is 56.2. The van der Waals surface area contributed by atoms with Gasteiger partial charge in [0.15, 0.2) is 16.8 Å². The highest BCUT2D eigenvalue weighted by Gasteiger charge is 2.35. The number of hydroxylamine groups is 2. The van der Waals surface area contributed by atoms with Gasteiger partial charge in [-0.05, 0) is 53.1 Å². The molecule has 3 rings (SSSR count). The van der Waals surface area contributed by atoms with Crippen LogP contribution in [0.5, 0.6) is 0 Å². The Labute approximate surface area is 192 Å². The molecule has 180 valence electrons. The summed E-state index contributed by atoms with van der Waals surface area (Å²) in [6, 6.07) is 8.16. The van der Waals surface area contributed by atoms with Crippen molar-refractivity contribution in [1.29, 1.82) is 0 Å². The summed E-state index contributed by atoms with van der Waals surface area (Å²) in [5.74, 6) is -1.98. The predicted molar refractivity (Wildman–Crippen MR) is 107 cm³/mol. The fourth-order valence-electron chi connectivity index (χ4n) is 2.91. The average Bonchev–Trinajstić information content (AvgIpc) is 3.10. The van der Waals surface area contributed by atoms with E-state index in [9.17, 15) is 42.2 Å². The van der Waals surface area contributed by atoms with Gasteiger partial charge in [0.1, 0.15) is 0 Å². The van der Waals surface area contributed by atoms with E-state index in [2.05, 4.69) is 4.84 Å². The lowest BCUT2D eigenvalue weighted by atomic mass is 10.1. The first-order valence-electron chi connectivity index (χ1n) is 9.50. The zero-order chi connectivity index (χ0) is 25.0. The van der Waals surface area contributed by atoms with Crippen LogP contribution in [0.25, 0.3) is 0 Å². The molecule has 0 bridgehead atoms. The SMILES string of the molecule is O=C(OC(C[S+]([O-])c1ccc(C(F)(F)F)cc1)c1ccc([N+](=O)[O-])cc1)ON1C(=O)CCC1=O. The first-order chi connectivity index (χ1) is 16.0. The van der Waals surface area contributed by atoms with Crippen LogP contribution in [-0.2, 0) is 36.5 Å². The molecule has 2 aromatic carbocycles. The van der Waals surface area contributed by atoms with Gasteiger partial charge in [-0.1, -0.05) is 5.06 Å². The van der Waals surface area contributed by atoms with Crippen molar-refractivity contribution in [2.75, 3.05) is 5.75 Å². The van der Waals surface area contributed by atoms with Gasteiger partial charge >= 0.3 is 12.3 Å². The number of benzene rings is 2. The molecule has 0 aromatic heterocycles. The minimum absolute atomic E-state index is 0.00165. The number of carbonyl (C=O) groups excluding carboxylic acids is 3. The molecule has 0 spiro atoms. The topological polar surface area (TPSA) is 139 Å². The van der Waals surface area contributed by atoms with Crippen LogP contribution in [0.4, 0.5) is 23.7 Å². The minimum Gasteiger partial charge on any atom is -0.611 e. The fourth-order valence-corrected chi connectivity index (χ4v) is 4.08. The van der Waals surface area contributed by atoms with E-state index in [1.807, 2.05) is 0 Å². The van der Waals surface area contributed by atoms with Gasteiger partial charge in [0.25, 0.3) is 17.5 Å². The number of amides is 2. The second-order valence-electron chi connectivity index (χ2n) is 6.91. The molecule has 2 atom stereocenters. The summed E-state index contributed by atoms with van der Waals surface area (Å²) in [6.45, 7) is 0. The van der Waals surface area contributed by atoms with Crippen molar-refractivity contribution in [2.24, 2.45) is 0 Å². The van der Waals surface area contributed by atoms with Crippen molar-refractivity contribution < 1.29 is 46.6 Å². The third-order valence-electron chi connectivity index (χ3n) is 4.63. The largest absolute Gasteiger partial charge is 0.611 e. The number of nitrogens with zero attached hydrogens (tertiary/aromatic N) is 2. The maximum Gasteiger partial charge on any atom is 0.534 e. The minimum atomic E-state index is -4.58. The normalized spacial score (nSPS) is 15.7. The van der Waals surface area contributed by atoms with Crippen molar-refractivity contribution in [1.82, 2.24) is 5.06 Å². The summed E-state index contributed by atoms with van der Waals surface area (Å²) in [5, 5.41) is 11.1. The van der Waals surface area contributed by atoms with E-state index in [0.29, 0.717) is 0 Å². The molecule has 0 N–H and O–H groups in total. The second-order valence-corrected chi connectivity index (χ2v) is 8.41. The van der Waals surface area contributed by atoms with E-state index in [1.54, 1.807) is 0 Å². The smallest absolute Gasteiger partial charge is 0.534 e. The van der Waals surface area contributed by atoms with Gasteiger partial charge in [-0.2, -0.15) is 13.2 Å². The Kier molecular flexibility index (Phi) is 7.41. The number of nitro benzene ring substituents is 1. The Bertz CT molecular complexity index is 1080. The number of hydrogen-bond donors (Lipinski definition) is 0. The second kappa shape index (κ2) is 10.1. The van der Waals surface area contributed by atoms with Crippen molar-refractivity contribution in [2.45, 2.75) is 30.0 Å². The number of hydrogen-bond acceptors (Lipinski definition) is 8. The van der Waals surface area contributed by atoms with Crippen molar-refractivity contribution in [3.8, 4) is 0 Å². The molecule has 1 aliphatic rings. The molecule has 0 saturated carbocycles. The van der Waals surface area contributed by atoms with Crippen molar-refractivity contribution >= 4 is 34.8 Å². The van der Waals surface area contributed by atoms with Gasteiger partial charge < -0.3 is 9.29 Å². The lowest BCUT2D eigenvalue weighted by molar-refractivity contribution is -0.384. The van der Waals surface area contributed by atoms with Crippen LogP contribution < -0.4 is 0 Å². The zero-order valence-electron chi connectivity index (χ0n) is 17.0. The Balaban J connectivity index is 1.79. The van der Waals surface area contributed by atoms with Crippen LogP contribution in [0.2, 0.25) is 0 Å². The number of non-ortho nitro benzene ring substituents is 1. The standard InChI is InChI=1S/C20H15F3N2O8S/c21-20(22,23)13-3-7-15(8-4-13)34(31)11-16(12-1-5-14(6-2-12)25(29)30)32-19(28)33-24-17(26)9-10-18(24)27/h1-8,16H,9-11H2. The molecule has 0 radical (unpaired) electrons. The molecular formula is C20H15F3N2O8S. The number of halogens is 3. The van der Waals surface area contributed by atoms with Crippen LogP contribution >= 0.6 is 0 Å². The number of carbonyl (C=O) groups is 3. The summed E-state index contributed by atoms with van der Waals surface area (Å²) >= 11 is -1.98. The van der Waals surface area contributed by atoms with E-state index in [-0.39, 0.29) is 34.1 Å². The maximum absolute atomic E-state index is 12.8. The van der Waals surface area contributed by atoms with Crippen LogP contribution in [0.15, 0.2) is 53.4 Å². The molecule has 34 heavy (non-hydrogen) atoms. The summed E-state index contributed by atoms with van der Waals surface area (Å²) in [5.41, 5.74) is -1.07. The van der Waals surface area contributed by atoms with E-state index in [0.717, 1.165) is 36.4 Å². The summed E-state index contributed by atoms with van der Waals surface area (Å²) in [4.78, 5) is 50.3. The van der Waals surface area contributed by atoms with Crippen LogP contribution in [-0.4, -0.2) is 38.3 Å². The monoisotopic (exact) mass is 500 g/mol. The highest BCUT2D eigenvalue weighted by atomic mass is 32.2. The quantitative estimate of drug-likeness (QED) is 0.184. The number of nitro groups is 1. The van der Waals surface area contributed by atoms with Crippen LogP contribution in [0.3, 0.4) is 0 Å². The third kappa shape index (κ3) is 6.02. The Morgan fingerprint density at radius 3 is 2.12 bits per heavy atom. The van der Waals surface area contributed by atoms with Crippen LogP contribution in [0, 0.1) is 10.1 Å². The van der Waals surface area contributed by atoms with E-state index < -0.39 is 57.7 Å². The van der Waals surface area contributed by atoms with E-state index >= 15 is 0 Å². The van der Waals surface area contributed by atoms with E-state index in [4.69, 9.17) is 4.74 Å². The van der Waals surface area contributed by atoms with Gasteiger partial charge in [-0.15, -0.1) is 0 Å². The summed E-state index contributed by atoms with van der Waals surface area (Å²) in [7, 11) is 0. The molecule has 2 amide bonds. The van der Waals surface area contributed by atoms with Crippen molar-refractivity contribution in [3.05, 3.63) is 69.8 Å². The third-order valence-corrected chi connectivity index (χ3v) is 6.04. The zero-order valence-corrected chi connectivity index (χ0v) is 17.8. The lowest BCUT2D eigenvalue weighted by Gasteiger charge is -2.21.